The number of hydrogen-bond acceptors (Lipinski definition) is 7. The Morgan fingerprint density at radius 2 is 1.88 bits per heavy atom. The number of rotatable bonds is 6. The molecule has 2 amide bonds. The molecule has 0 aliphatic rings. The lowest BCUT2D eigenvalue weighted by Gasteiger charge is -2.09. The zero-order valence-electron chi connectivity index (χ0n) is 18.4. The van der Waals surface area contributed by atoms with Crippen molar-refractivity contribution >= 4 is 39.9 Å². The van der Waals surface area contributed by atoms with E-state index in [0.717, 1.165) is 15.3 Å². The summed E-state index contributed by atoms with van der Waals surface area (Å²) in [4.78, 5) is 44.0. The molecule has 10 nitrogen and oxygen atoms in total. The van der Waals surface area contributed by atoms with Gasteiger partial charge in [-0.3, -0.25) is 14.2 Å². The number of nitrogens with one attached hydrogen (secondary N) is 2. The molecule has 11 heteroatoms. The first-order valence-corrected chi connectivity index (χ1v) is 11.3. The molecule has 0 spiro atoms. The first-order valence-electron chi connectivity index (χ1n) is 10.4. The van der Waals surface area contributed by atoms with Gasteiger partial charge in [0.2, 0.25) is 0 Å². The van der Waals surface area contributed by atoms with Crippen molar-refractivity contribution in [3.63, 3.8) is 0 Å². The van der Waals surface area contributed by atoms with E-state index in [2.05, 4.69) is 20.7 Å². The minimum absolute atomic E-state index is 0.0990. The van der Waals surface area contributed by atoms with E-state index in [0.29, 0.717) is 23.3 Å². The van der Waals surface area contributed by atoms with E-state index < -0.39 is 11.7 Å². The van der Waals surface area contributed by atoms with Crippen molar-refractivity contribution in [3.05, 3.63) is 85.9 Å². The standard InChI is InChI=1S/C23H20N6O4S/c1-13-3-5-15(34-13)12-25-22(31)18-10-16(27-20-7-8-26-29(18)20)21(30)24-11-14-4-6-19-17(9-14)28(2)23(32)33-19/h3-10H,11-12H2,1-2H3,(H,24,30)(H,25,31). The summed E-state index contributed by atoms with van der Waals surface area (Å²) in [7, 11) is 1.62. The molecule has 1 aromatic carbocycles. The number of oxazole rings is 1. The van der Waals surface area contributed by atoms with Gasteiger partial charge in [-0.25, -0.2) is 14.3 Å². The van der Waals surface area contributed by atoms with Crippen LogP contribution in [0.1, 0.15) is 36.3 Å². The number of carbonyl (C=O) groups excluding carboxylic acids is 2. The first kappa shape index (κ1) is 21.6. The number of fused-ring (bicyclic) bond motifs is 2. The number of benzene rings is 1. The lowest BCUT2D eigenvalue weighted by Crippen LogP contribution is -2.28. The Hall–Kier alpha value is -4.25. The minimum Gasteiger partial charge on any atom is -0.408 e. The van der Waals surface area contributed by atoms with E-state index in [-0.39, 0.29) is 23.8 Å². The Labute approximate surface area is 196 Å². The van der Waals surface area contributed by atoms with Gasteiger partial charge < -0.3 is 15.1 Å². The van der Waals surface area contributed by atoms with Gasteiger partial charge in [0, 0.05) is 35.5 Å². The maximum atomic E-state index is 12.9. The molecule has 4 aromatic heterocycles. The first-order chi connectivity index (χ1) is 16.4. The minimum atomic E-state index is -0.450. The van der Waals surface area contributed by atoms with Crippen molar-refractivity contribution in [1.29, 1.82) is 0 Å². The molecule has 4 heterocycles. The van der Waals surface area contributed by atoms with E-state index in [9.17, 15) is 14.4 Å². The van der Waals surface area contributed by atoms with Crippen LogP contribution in [-0.2, 0) is 20.1 Å². The zero-order chi connectivity index (χ0) is 23.8. The topological polar surface area (TPSA) is 124 Å². The molecule has 0 radical (unpaired) electrons. The fourth-order valence-corrected chi connectivity index (χ4v) is 4.41. The smallest absolute Gasteiger partial charge is 0.408 e. The summed E-state index contributed by atoms with van der Waals surface area (Å²) >= 11 is 1.61. The fourth-order valence-electron chi connectivity index (χ4n) is 3.58. The largest absolute Gasteiger partial charge is 0.419 e. The molecule has 2 N–H and O–H groups in total. The van der Waals surface area contributed by atoms with Gasteiger partial charge in [0.05, 0.1) is 18.3 Å². The number of hydrogen-bond donors (Lipinski definition) is 2. The molecule has 0 fully saturated rings. The SMILES string of the molecule is Cc1ccc(CNC(=O)c2cc(C(=O)NCc3ccc4oc(=O)n(C)c4c3)nc3ccnn23)s1. The quantitative estimate of drug-likeness (QED) is 0.388. The summed E-state index contributed by atoms with van der Waals surface area (Å²) in [6, 6.07) is 12.2. The normalized spacial score (nSPS) is 11.2. The number of nitrogens with zero attached hydrogens (tertiary/aromatic N) is 4. The molecule has 0 unspecified atom stereocenters. The molecular formula is C23H20N6O4S. The molecule has 34 heavy (non-hydrogen) atoms. The molecule has 0 saturated heterocycles. The van der Waals surface area contributed by atoms with E-state index >= 15 is 0 Å². The molecular weight excluding hydrogens is 456 g/mol. The van der Waals surface area contributed by atoms with Crippen LogP contribution in [0.3, 0.4) is 0 Å². The fraction of sp³-hybridized carbons (Fsp3) is 0.174. The summed E-state index contributed by atoms with van der Waals surface area (Å²) in [5.74, 6) is -1.25. The summed E-state index contributed by atoms with van der Waals surface area (Å²) in [6.07, 6.45) is 1.52. The number of amides is 2. The van der Waals surface area contributed by atoms with Gasteiger partial charge in [0.15, 0.2) is 11.2 Å². The highest BCUT2D eigenvalue weighted by Crippen LogP contribution is 2.16. The van der Waals surface area contributed by atoms with Crippen LogP contribution in [0.25, 0.3) is 16.7 Å². The van der Waals surface area contributed by atoms with Crippen molar-refractivity contribution in [1.82, 2.24) is 29.8 Å². The van der Waals surface area contributed by atoms with Crippen LogP contribution >= 0.6 is 11.3 Å². The van der Waals surface area contributed by atoms with Gasteiger partial charge >= 0.3 is 5.76 Å². The van der Waals surface area contributed by atoms with Crippen molar-refractivity contribution < 1.29 is 14.0 Å². The highest BCUT2D eigenvalue weighted by atomic mass is 32.1. The van der Waals surface area contributed by atoms with Gasteiger partial charge in [0.1, 0.15) is 11.4 Å². The predicted molar refractivity (Wildman–Crippen MR) is 126 cm³/mol. The van der Waals surface area contributed by atoms with Crippen LogP contribution < -0.4 is 16.4 Å². The van der Waals surface area contributed by atoms with Gasteiger partial charge in [-0.15, -0.1) is 11.3 Å². The van der Waals surface area contributed by atoms with Crippen LogP contribution in [0.15, 0.2) is 57.9 Å². The molecule has 0 saturated carbocycles. The van der Waals surface area contributed by atoms with Crippen molar-refractivity contribution in [2.75, 3.05) is 0 Å². The Balaban J connectivity index is 1.34. The molecule has 0 bridgehead atoms. The zero-order valence-corrected chi connectivity index (χ0v) is 19.2. The molecule has 0 aliphatic carbocycles. The molecule has 0 atom stereocenters. The summed E-state index contributed by atoms with van der Waals surface area (Å²) in [6.45, 7) is 2.59. The Morgan fingerprint density at radius 1 is 1.06 bits per heavy atom. The van der Waals surface area contributed by atoms with Crippen LogP contribution in [0.5, 0.6) is 0 Å². The molecule has 5 rings (SSSR count). The van der Waals surface area contributed by atoms with Crippen LogP contribution in [0.2, 0.25) is 0 Å². The van der Waals surface area contributed by atoms with Crippen LogP contribution in [-0.4, -0.2) is 31.0 Å². The number of thiophene rings is 1. The highest BCUT2D eigenvalue weighted by molar-refractivity contribution is 7.11. The lowest BCUT2D eigenvalue weighted by molar-refractivity contribution is 0.0943. The number of carbonyl (C=O) groups is 2. The average Bonchev–Trinajstić information content (AvgIpc) is 3.54. The van der Waals surface area contributed by atoms with Gasteiger partial charge in [0.25, 0.3) is 11.8 Å². The second-order valence-electron chi connectivity index (χ2n) is 7.73. The molecule has 172 valence electrons. The highest BCUT2D eigenvalue weighted by Gasteiger charge is 2.18. The van der Waals surface area contributed by atoms with Crippen molar-refractivity contribution in [2.45, 2.75) is 20.0 Å². The third-order valence-corrected chi connectivity index (χ3v) is 6.35. The molecule has 5 aromatic rings. The second kappa shape index (κ2) is 8.60. The van der Waals surface area contributed by atoms with Crippen LogP contribution in [0, 0.1) is 6.92 Å². The van der Waals surface area contributed by atoms with E-state index in [4.69, 9.17) is 4.42 Å². The molecule has 0 aliphatic heterocycles. The van der Waals surface area contributed by atoms with Crippen LogP contribution in [0.4, 0.5) is 0 Å². The van der Waals surface area contributed by atoms with Gasteiger partial charge in [-0.2, -0.15) is 5.10 Å². The monoisotopic (exact) mass is 476 g/mol. The lowest BCUT2D eigenvalue weighted by atomic mass is 10.2. The number of aromatic nitrogens is 4. The summed E-state index contributed by atoms with van der Waals surface area (Å²) in [5.41, 5.74) is 2.59. The third-order valence-electron chi connectivity index (χ3n) is 5.35. The average molecular weight is 477 g/mol. The second-order valence-corrected chi connectivity index (χ2v) is 9.11. The number of aryl methyl sites for hydroxylation is 2. The Kier molecular flexibility index (Phi) is 5.46. The van der Waals surface area contributed by atoms with E-state index in [1.165, 1.54) is 21.3 Å². The van der Waals surface area contributed by atoms with Gasteiger partial charge in [-0.05, 0) is 36.8 Å². The Morgan fingerprint density at radius 3 is 2.68 bits per heavy atom. The maximum absolute atomic E-state index is 12.9. The Bertz CT molecular complexity index is 1610. The van der Waals surface area contributed by atoms with Gasteiger partial charge in [-0.1, -0.05) is 6.07 Å². The van der Waals surface area contributed by atoms with E-state index in [1.54, 1.807) is 42.6 Å². The van der Waals surface area contributed by atoms with E-state index in [1.807, 2.05) is 19.1 Å². The van der Waals surface area contributed by atoms with Crippen molar-refractivity contribution in [3.8, 4) is 0 Å². The maximum Gasteiger partial charge on any atom is 0.419 e. The van der Waals surface area contributed by atoms with Crippen molar-refractivity contribution in [2.24, 2.45) is 7.05 Å². The summed E-state index contributed by atoms with van der Waals surface area (Å²) < 4.78 is 7.93. The summed E-state index contributed by atoms with van der Waals surface area (Å²) in [5, 5.41) is 9.84. The third kappa shape index (κ3) is 4.08. The predicted octanol–water partition coefficient (Wildman–Crippen LogP) is 2.40.